The first-order valence-electron chi connectivity index (χ1n) is 5.06. The highest BCUT2D eigenvalue weighted by Gasteiger charge is 1.98. The molecule has 1 aromatic heterocycles. The lowest BCUT2D eigenvalue weighted by molar-refractivity contribution is 1.21. The second-order valence-corrected chi connectivity index (χ2v) is 3.56. The van der Waals surface area contributed by atoms with Crippen LogP contribution in [0.5, 0.6) is 0 Å². The smallest absolute Gasteiger partial charge is 0.207 e. The molecule has 0 aliphatic carbocycles. The molecule has 84 valence electrons. The highest BCUT2D eigenvalue weighted by Crippen LogP contribution is 2.19. The summed E-state index contributed by atoms with van der Waals surface area (Å²) in [5.74, 6) is 0.0759. The second-order valence-electron chi connectivity index (χ2n) is 3.56. The number of nitrogens with zero attached hydrogens (tertiary/aromatic N) is 3. The van der Waals surface area contributed by atoms with Gasteiger partial charge in [0.25, 0.3) is 0 Å². The third-order valence-electron chi connectivity index (χ3n) is 2.25. The van der Waals surface area contributed by atoms with Gasteiger partial charge in [0.2, 0.25) is 5.96 Å². The minimum Gasteiger partial charge on any atom is -0.369 e. The van der Waals surface area contributed by atoms with Crippen molar-refractivity contribution in [3.05, 3.63) is 36.0 Å². The van der Waals surface area contributed by atoms with Crippen molar-refractivity contribution in [1.29, 1.82) is 5.26 Å². The number of benzene rings is 1. The van der Waals surface area contributed by atoms with Gasteiger partial charge < -0.3 is 5.73 Å². The first-order chi connectivity index (χ1) is 8.19. The van der Waals surface area contributed by atoms with E-state index in [1.807, 2.05) is 31.2 Å². The third kappa shape index (κ3) is 2.49. The number of rotatable bonds is 1. The summed E-state index contributed by atoms with van der Waals surface area (Å²) < 4.78 is 0. The van der Waals surface area contributed by atoms with Gasteiger partial charge in [0.1, 0.15) is 0 Å². The van der Waals surface area contributed by atoms with Gasteiger partial charge in [-0.25, -0.2) is 4.99 Å². The molecule has 0 amide bonds. The number of fused-ring (bicyclic) bond motifs is 1. The lowest BCUT2D eigenvalue weighted by atomic mass is 10.2. The van der Waals surface area contributed by atoms with Gasteiger partial charge in [0, 0.05) is 11.1 Å². The maximum atomic E-state index is 8.39. The highest BCUT2D eigenvalue weighted by molar-refractivity contribution is 5.86. The molecule has 0 saturated heterocycles. The molecule has 5 nitrogen and oxygen atoms in total. The van der Waals surface area contributed by atoms with Crippen molar-refractivity contribution < 1.29 is 0 Å². The van der Waals surface area contributed by atoms with Crippen molar-refractivity contribution in [3.8, 4) is 6.19 Å². The molecule has 0 unspecified atom stereocenters. The zero-order valence-corrected chi connectivity index (χ0v) is 9.31. The standard InChI is InChI=1S/C12H11N5/c1-8-2-3-9-6-10(4-5-11(9)16-8)17-12(14)15-7-13/h2-6H,1H3,(H3,14,15,17). The zero-order chi connectivity index (χ0) is 12.3. The van der Waals surface area contributed by atoms with Gasteiger partial charge in [0.15, 0.2) is 6.19 Å². The van der Waals surface area contributed by atoms with E-state index in [-0.39, 0.29) is 5.96 Å². The van der Waals surface area contributed by atoms with Crippen molar-refractivity contribution >= 4 is 22.5 Å². The Morgan fingerprint density at radius 1 is 1.41 bits per heavy atom. The van der Waals surface area contributed by atoms with Gasteiger partial charge in [-0.2, -0.15) is 5.26 Å². The molecule has 0 spiro atoms. The van der Waals surface area contributed by atoms with E-state index in [4.69, 9.17) is 11.0 Å². The Hall–Kier alpha value is -2.61. The summed E-state index contributed by atoms with van der Waals surface area (Å²) in [6, 6.07) is 9.46. The number of pyridine rings is 1. The topological polar surface area (TPSA) is 87.1 Å². The summed E-state index contributed by atoms with van der Waals surface area (Å²) in [4.78, 5) is 8.44. The van der Waals surface area contributed by atoms with E-state index in [0.717, 1.165) is 16.6 Å². The number of aryl methyl sites for hydroxylation is 1. The van der Waals surface area contributed by atoms with E-state index in [9.17, 15) is 0 Å². The summed E-state index contributed by atoms with van der Waals surface area (Å²) in [6.07, 6.45) is 1.71. The maximum absolute atomic E-state index is 8.39. The normalized spacial score (nSPS) is 11.2. The van der Waals surface area contributed by atoms with Gasteiger partial charge in [-0.1, -0.05) is 6.07 Å². The number of aromatic nitrogens is 1. The molecule has 1 aromatic carbocycles. The van der Waals surface area contributed by atoms with E-state index in [0.29, 0.717) is 5.69 Å². The number of guanidine groups is 1. The number of aliphatic imine (C=N–C) groups is 1. The number of hydrogen-bond donors (Lipinski definition) is 2. The predicted octanol–water partition coefficient (Wildman–Crippen LogP) is 1.56. The summed E-state index contributed by atoms with van der Waals surface area (Å²) >= 11 is 0. The van der Waals surface area contributed by atoms with Gasteiger partial charge in [-0.15, -0.1) is 0 Å². The first kappa shape index (κ1) is 10.9. The molecule has 0 aliphatic heterocycles. The van der Waals surface area contributed by atoms with E-state index in [1.165, 1.54) is 0 Å². The SMILES string of the molecule is Cc1ccc2cc(N=C(N)NC#N)ccc2n1. The van der Waals surface area contributed by atoms with Crippen LogP contribution in [0.3, 0.4) is 0 Å². The fourth-order valence-corrected chi connectivity index (χ4v) is 1.51. The molecule has 0 aliphatic rings. The van der Waals surface area contributed by atoms with Gasteiger partial charge in [-0.3, -0.25) is 10.3 Å². The molecule has 0 bridgehead atoms. The molecule has 2 aromatic rings. The van der Waals surface area contributed by atoms with Gasteiger partial charge in [-0.05, 0) is 31.2 Å². The van der Waals surface area contributed by atoms with Crippen molar-refractivity contribution in [3.63, 3.8) is 0 Å². The van der Waals surface area contributed by atoms with Gasteiger partial charge >= 0.3 is 0 Å². The van der Waals surface area contributed by atoms with Crippen molar-refractivity contribution in [2.75, 3.05) is 0 Å². The molecule has 0 fully saturated rings. The predicted molar refractivity (Wildman–Crippen MR) is 66.5 cm³/mol. The summed E-state index contributed by atoms with van der Waals surface area (Å²) in [6.45, 7) is 1.94. The van der Waals surface area contributed by atoms with E-state index in [2.05, 4.69) is 15.3 Å². The fraction of sp³-hybridized carbons (Fsp3) is 0.0833. The Kier molecular flexibility index (Phi) is 2.88. The summed E-state index contributed by atoms with van der Waals surface area (Å²) in [5, 5.41) is 11.6. The van der Waals surface area contributed by atoms with Crippen LogP contribution in [0.1, 0.15) is 5.69 Å². The molecule has 5 heteroatoms. The van der Waals surface area contributed by atoms with Crippen LogP contribution in [0.25, 0.3) is 10.9 Å². The van der Waals surface area contributed by atoms with Crippen molar-refractivity contribution in [2.45, 2.75) is 6.92 Å². The molecule has 17 heavy (non-hydrogen) atoms. The zero-order valence-electron chi connectivity index (χ0n) is 9.31. The highest BCUT2D eigenvalue weighted by atomic mass is 15.1. The van der Waals surface area contributed by atoms with Crippen molar-refractivity contribution in [1.82, 2.24) is 10.3 Å². The molecular weight excluding hydrogens is 214 g/mol. The third-order valence-corrected chi connectivity index (χ3v) is 2.25. The molecule has 2 rings (SSSR count). The lowest BCUT2D eigenvalue weighted by Crippen LogP contribution is -2.26. The number of hydrogen-bond acceptors (Lipinski definition) is 3. The first-order valence-corrected chi connectivity index (χ1v) is 5.06. The van der Waals surface area contributed by atoms with Gasteiger partial charge in [0.05, 0.1) is 11.2 Å². The monoisotopic (exact) mass is 225 g/mol. The maximum Gasteiger partial charge on any atom is 0.207 e. The Morgan fingerprint density at radius 3 is 3.00 bits per heavy atom. The van der Waals surface area contributed by atoms with E-state index >= 15 is 0 Å². The average Bonchev–Trinajstić information content (AvgIpc) is 2.29. The lowest BCUT2D eigenvalue weighted by Gasteiger charge is -2.01. The molecule has 3 N–H and O–H groups in total. The van der Waals surface area contributed by atoms with Crippen LogP contribution >= 0.6 is 0 Å². The van der Waals surface area contributed by atoms with Crippen LogP contribution in [0.4, 0.5) is 5.69 Å². The van der Waals surface area contributed by atoms with Crippen LogP contribution < -0.4 is 11.1 Å². The molecule has 1 heterocycles. The number of nitrogens with one attached hydrogen (secondary N) is 1. The Balaban J connectivity index is 2.42. The number of nitriles is 1. The summed E-state index contributed by atoms with van der Waals surface area (Å²) in [7, 11) is 0. The van der Waals surface area contributed by atoms with Crippen LogP contribution in [0.15, 0.2) is 35.3 Å². The largest absolute Gasteiger partial charge is 0.369 e. The van der Waals surface area contributed by atoms with Crippen LogP contribution in [0.2, 0.25) is 0 Å². The fourth-order valence-electron chi connectivity index (χ4n) is 1.51. The Morgan fingerprint density at radius 2 is 2.24 bits per heavy atom. The molecule has 0 radical (unpaired) electrons. The molecular formula is C12H11N5. The van der Waals surface area contributed by atoms with Crippen LogP contribution in [0, 0.1) is 18.4 Å². The van der Waals surface area contributed by atoms with Crippen LogP contribution in [-0.2, 0) is 0 Å². The minimum absolute atomic E-state index is 0.0759. The van der Waals surface area contributed by atoms with E-state index < -0.39 is 0 Å². The summed E-state index contributed by atoms with van der Waals surface area (Å²) in [5.41, 5.74) is 8.05. The Labute approximate surface area is 98.6 Å². The second kappa shape index (κ2) is 4.49. The minimum atomic E-state index is 0.0759. The molecule has 0 atom stereocenters. The quantitative estimate of drug-likeness (QED) is 0.333. The number of nitrogens with two attached hydrogens (primary N) is 1. The van der Waals surface area contributed by atoms with Crippen LogP contribution in [-0.4, -0.2) is 10.9 Å². The average molecular weight is 225 g/mol. The van der Waals surface area contributed by atoms with Crippen molar-refractivity contribution in [2.24, 2.45) is 10.7 Å². The molecule has 0 saturated carbocycles. The van der Waals surface area contributed by atoms with E-state index in [1.54, 1.807) is 12.3 Å². The Bertz CT molecular complexity index is 624.